The van der Waals surface area contributed by atoms with Gasteiger partial charge >= 0.3 is 0 Å². The van der Waals surface area contributed by atoms with E-state index >= 15 is 0 Å². The molecule has 3 aromatic rings. The molecule has 1 aliphatic rings. The number of rotatable bonds is 5. The summed E-state index contributed by atoms with van der Waals surface area (Å²) in [6.45, 7) is 0. The second-order valence-electron chi connectivity index (χ2n) is 6.31. The summed E-state index contributed by atoms with van der Waals surface area (Å²) in [4.78, 5) is 23.8. The molecule has 0 aliphatic heterocycles. The smallest absolute Gasteiger partial charge is 0.292 e. The van der Waals surface area contributed by atoms with Crippen LogP contribution in [0.1, 0.15) is 26.3 Å². The monoisotopic (exact) mass is 437 g/mol. The lowest BCUT2D eigenvalue weighted by atomic mass is 9.92. The van der Waals surface area contributed by atoms with Crippen molar-refractivity contribution in [2.24, 2.45) is 4.40 Å². The van der Waals surface area contributed by atoms with Crippen molar-refractivity contribution >= 4 is 44.5 Å². The summed E-state index contributed by atoms with van der Waals surface area (Å²) in [6.07, 6.45) is 1.38. The van der Waals surface area contributed by atoms with Crippen molar-refractivity contribution in [3.8, 4) is 0 Å². The van der Waals surface area contributed by atoms with Crippen molar-refractivity contribution in [1.29, 1.82) is 0 Å². The van der Waals surface area contributed by atoms with Gasteiger partial charge in [0.25, 0.3) is 10.0 Å². The Kier molecular flexibility index (Phi) is 5.06. The van der Waals surface area contributed by atoms with Gasteiger partial charge in [0.2, 0.25) is 5.78 Å². The van der Waals surface area contributed by atoms with Crippen LogP contribution < -0.4 is 10.4 Å². The number of nitrogens with one attached hydrogen (secondary N) is 1. The molecule has 150 valence electrons. The SMILES string of the molecule is O=C([O-])c1ccc(NC2=CC(=NS(=O)(=O)c3cccs3)c3ccccc3C2=O)cc1. The highest BCUT2D eigenvalue weighted by atomic mass is 32.2. The quantitative estimate of drug-likeness (QED) is 0.656. The average molecular weight is 437 g/mol. The van der Waals surface area contributed by atoms with Crippen LogP contribution in [0.4, 0.5) is 5.69 Å². The van der Waals surface area contributed by atoms with Gasteiger partial charge < -0.3 is 15.2 Å². The zero-order valence-electron chi connectivity index (χ0n) is 15.2. The van der Waals surface area contributed by atoms with Crippen molar-refractivity contribution in [3.63, 3.8) is 0 Å². The molecule has 0 atom stereocenters. The Hall–Kier alpha value is -3.56. The molecule has 0 saturated heterocycles. The standard InChI is InChI=1S/C21H14N2O5S2/c24-20-16-5-2-1-4-15(16)17(23-30(27,28)19-6-3-11-29-19)12-18(20)22-14-9-7-13(8-10-14)21(25)26/h1-12,22H,(H,25,26)/p-1. The number of ketones is 1. The van der Waals surface area contributed by atoms with Crippen LogP contribution in [0.2, 0.25) is 0 Å². The Bertz CT molecular complexity index is 1310. The normalized spacial score (nSPS) is 14.9. The Labute approximate surface area is 176 Å². The van der Waals surface area contributed by atoms with Crippen LogP contribution in [-0.2, 0) is 10.0 Å². The van der Waals surface area contributed by atoms with Crippen LogP contribution in [0.5, 0.6) is 0 Å². The zero-order chi connectivity index (χ0) is 21.3. The second kappa shape index (κ2) is 7.69. The van der Waals surface area contributed by atoms with Gasteiger partial charge in [0, 0.05) is 16.8 Å². The van der Waals surface area contributed by atoms with Gasteiger partial charge in [-0.05, 0) is 35.2 Å². The van der Waals surface area contributed by atoms with Gasteiger partial charge in [-0.15, -0.1) is 11.3 Å². The van der Waals surface area contributed by atoms with Crippen molar-refractivity contribution in [2.75, 3.05) is 5.32 Å². The number of carboxylic acids is 1. The van der Waals surface area contributed by atoms with Crippen LogP contribution in [-0.4, -0.2) is 25.9 Å². The molecule has 0 unspecified atom stereocenters. The number of anilines is 1. The van der Waals surface area contributed by atoms with E-state index in [2.05, 4.69) is 9.71 Å². The van der Waals surface area contributed by atoms with E-state index in [0.717, 1.165) is 11.3 Å². The minimum absolute atomic E-state index is 0.000798. The Morgan fingerprint density at radius 1 is 0.967 bits per heavy atom. The lowest BCUT2D eigenvalue weighted by Crippen LogP contribution is -2.23. The third-order valence-corrected chi connectivity index (χ3v) is 7.00. The number of benzene rings is 2. The van der Waals surface area contributed by atoms with Crippen molar-refractivity contribution in [2.45, 2.75) is 4.21 Å². The molecule has 30 heavy (non-hydrogen) atoms. The predicted octanol–water partition coefficient (Wildman–Crippen LogP) is 2.48. The largest absolute Gasteiger partial charge is 0.545 e. The highest BCUT2D eigenvalue weighted by molar-refractivity contribution is 7.92. The van der Waals surface area contributed by atoms with Crippen molar-refractivity contribution in [1.82, 2.24) is 0 Å². The molecule has 0 fully saturated rings. The molecule has 0 bridgehead atoms. The summed E-state index contributed by atoms with van der Waals surface area (Å²) >= 11 is 1.06. The molecular formula is C21H13N2O5S2-. The van der Waals surface area contributed by atoms with Crippen LogP contribution in [0.15, 0.2) is 86.4 Å². The number of thiophene rings is 1. The highest BCUT2D eigenvalue weighted by Gasteiger charge is 2.26. The van der Waals surface area contributed by atoms with Gasteiger partial charge in [0.1, 0.15) is 4.21 Å². The number of allylic oxidation sites excluding steroid dienone is 2. The maximum atomic E-state index is 12.9. The summed E-state index contributed by atoms with van der Waals surface area (Å²) in [5.41, 5.74) is 1.44. The first kappa shape index (κ1) is 19.7. The number of carboxylic acid groups (broad SMARTS) is 1. The van der Waals surface area contributed by atoms with E-state index in [1.54, 1.807) is 35.7 Å². The van der Waals surface area contributed by atoms with E-state index in [1.165, 1.54) is 36.4 Å². The number of fused-ring (bicyclic) bond motifs is 1. The van der Waals surface area contributed by atoms with Crippen molar-refractivity contribution in [3.05, 3.63) is 94.5 Å². The van der Waals surface area contributed by atoms with E-state index in [-0.39, 0.29) is 27.0 Å². The molecule has 1 heterocycles. The van der Waals surface area contributed by atoms with E-state index in [0.29, 0.717) is 16.8 Å². The predicted molar refractivity (Wildman–Crippen MR) is 111 cm³/mol. The zero-order valence-corrected chi connectivity index (χ0v) is 16.9. The molecule has 4 rings (SSSR count). The van der Waals surface area contributed by atoms with Gasteiger partial charge in [0.15, 0.2) is 0 Å². The van der Waals surface area contributed by atoms with Crippen molar-refractivity contribution < 1.29 is 23.1 Å². The first-order valence-corrected chi connectivity index (χ1v) is 11.0. The number of Topliss-reactive ketones (excluding diaryl/α,β-unsaturated/α-hetero) is 1. The van der Waals surface area contributed by atoms with Crippen LogP contribution in [0, 0.1) is 0 Å². The molecule has 2 aromatic carbocycles. The van der Waals surface area contributed by atoms with E-state index in [1.807, 2.05) is 0 Å². The molecule has 7 nitrogen and oxygen atoms in total. The number of aromatic carboxylic acids is 1. The summed E-state index contributed by atoms with van der Waals surface area (Å²) in [5, 5.41) is 15.5. The maximum Gasteiger partial charge on any atom is 0.292 e. The summed E-state index contributed by atoms with van der Waals surface area (Å²) in [6, 6.07) is 15.4. The third kappa shape index (κ3) is 3.80. The third-order valence-electron chi connectivity index (χ3n) is 4.34. The lowest BCUT2D eigenvalue weighted by molar-refractivity contribution is -0.255. The molecule has 9 heteroatoms. The molecule has 0 radical (unpaired) electrons. The molecule has 0 amide bonds. The van der Waals surface area contributed by atoms with Gasteiger partial charge in [0.05, 0.1) is 17.4 Å². The number of hydrogen-bond donors (Lipinski definition) is 1. The maximum absolute atomic E-state index is 12.9. The molecule has 1 aromatic heterocycles. The first-order valence-electron chi connectivity index (χ1n) is 8.68. The van der Waals surface area contributed by atoms with Gasteiger partial charge in [-0.1, -0.05) is 42.5 Å². The molecule has 0 spiro atoms. The molecule has 1 N–H and O–H groups in total. The number of hydrogen-bond acceptors (Lipinski definition) is 7. The van der Waals surface area contributed by atoms with Gasteiger partial charge in [-0.3, -0.25) is 4.79 Å². The number of nitrogens with zero attached hydrogens (tertiary/aromatic N) is 1. The molecule has 1 aliphatic carbocycles. The number of carbonyl (C=O) groups excluding carboxylic acids is 2. The fourth-order valence-corrected chi connectivity index (χ4v) is 4.89. The molecular weight excluding hydrogens is 424 g/mol. The highest BCUT2D eigenvalue weighted by Crippen LogP contribution is 2.26. The Morgan fingerprint density at radius 3 is 2.30 bits per heavy atom. The fraction of sp³-hybridized carbons (Fsp3) is 0. The Morgan fingerprint density at radius 2 is 1.67 bits per heavy atom. The van der Waals surface area contributed by atoms with Gasteiger partial charge in [-0.25, -0.2) is 0 Å². The van der Waals surface area contributed by atoms with Crippen LogP contribution >= 0.6 is 11.3 Å². The van der Waals surface area contributed by atoms with E-state index in [4.69, 9.17) is 0 Å². The second-order valence-corrected chi connectivity index (χ2v) is 9.08. The summed E-state index contributed by atoms with van der Waals surface area (Å²) < 4.78 is 29.4. The van der Waals surface area contributed by atoms with Gasteiger partial charge in [-0.2, -0.15) is 12.8 Å². The summed E-state index contributed by atoms with van der Waals surface area (Å²) in [5.74, 6) is -1.64. The van der Waals surface area contributed by atoms with E-state index < -0.39 is 16.0 Å². The van der Waals surface area contributed by atoms with Crippen LogP contribution in [0.25, 0.3) is 0 Å². The minimum atomic E-state index is -3.94. The average Bonchev–Trinajstić information content (AvgIpc) is 3.28. The number of sulfonamides is 1. The first-order chi connectivity index (χ1) is 14.3. The molecule has 0 saturated carbocycles. The fourth-order valence-electron chi connectivity index (χ4n) is 2.93. The Balaban J connectivity index is 1.76. The van der Waals surface area contributed by atoms with E-state index in [9.17, 15) is 23.1 Å². The van der Waals surface area contributed by atoms with Crippen LogP contribution in [0.3, 0.4) is 0 Å². The topological polar surface area (TPSA) is 116 Å². The summed E-state index contributed by atoms with van der Waals surface area (Å²) in [7, 11) is -3.94. The number of carbonyl (C=O) groups is 2. The lowest BCUT2D eigenvalue weighted by Gasteiger charge is -2.19. The minimum Gasteiger partial charge on any atom is -0.545 e.